The van der Waals surface area contributed by atoms with Crippen LogP contribution in [-0.2, 0) is 32.9 Å². The first-order chi connectivity index (χ1) is 24.7. The third kappa shape index (κ3) is 31.9. The topological polar surface area (TPSA) is 132 Å². The SMILES string of the molecule is CCCCC/C=C\C/C=C\C/C=C\CCCCC(=O)OC[C@H](COP(=O)(O)O)OC(=O)CCC/C=C\CC1OC1C/C=C\C/C=C\CCCCC. The quantitative estimate of drug-likeness (QED) is 0.0222. The largest absolute Gasteiger partial charge is 0.469 e. The minimum Gasteiger partial charge on any atom is -0.462 e. The third-order valence-electron chi connectivity index (χ3n) is 8.10. The highest BCUT2D eigenvalue weighted by Crippen LogP contribution is 2.36. The van der Waals surface area contributed by atoms with Crippen LogP contribution in [0.5, 0.6) is 0 Å². The van der Waals surface area contributed by atoms with E-state index in [4.69, 9.17) is 24.0 Å². The molecular formula is C41H67O9P. The second-order valence-corrected chi connectivity index (χ2v) is 14.2. The Labute approximate surface area is 308 Å². The van der Waals surface area contributed by atoms with E-state index in [1.165, 1.54) is 38.5 Å². The molecule has 0 saturated carbocycles. The minimum atomic E-state index is -4.79. The number of phosphoric ester groups is 1. The Kier molecular flexibility index (Phi) is 29.3. The number of unbranched alkanes of at least 4 members (excludes halogenated alkanes) is 9. The monoisotopic (exact) mass is 734 g/mol. The molecule has 0 aliphatic carbocycles. The fourth-order valence-corrected chi connectivity index (χ4v) is 5.42. The first-order valence-electron chi connectivity index (χ1n) is 19.4. The summed E-state index contributed by atoms with van der Waals surface area (Å²) in [4.78, 5) is 42.8. The van der Waals surface area contributed by atoms with Crippen molar-refractivity contribution < 1.29 is 42.7 Å². The zero-order valence-corrected chi connectivity index (χ0v) is 32.3. The lowest BCUT2D eigenvalue weighted by Crippen LogP contribution is -2.29. The van der Waals surface area contributed by atoms with Crippen LogP contribution in [0.1, 0.15) is 142 Å². The number of esters is 2. The molecule has 51 heavy (non-hydrogen) atoms. The van der Waals surface area contributed by atoms with Crippen molar-refractivity contribution in [2.75, 3.05) is 13.2 Å². The van der Waals surface area contributed by atoms with E-state index < -0.39 is 32.5 Å². The number of carbonyl (C=O) groups excluding carboxylic acids is 2. The number of rotatable bonds is 33. The molecule has 9 nitrogen and oxygen atoms in total. The van der Waals surface area contributed by atoms with Crippen molar-refractivity contribution >= 4 is 19.8 Å². The van der Waals surface area contributed by atoms with Crippen molar-refractivity contribution in [2.24, 2.45) is 0 Å². The molecule has 1 heterocycles. The van der Waals surface area contributed by atoms with Crippen molar-refractivity contribution in [1.29, 1.82) is 0 Å². The molecule has 10 heteroatoms. The van der Waals surface area contributed by atoms with Crippen molar-refractivity contribution in [3.8, 4) is 0 Å². The second-order valence-electron chi connectivity index (χ2n) is 12.9. The molecule has 1 fully saturated rings. The van der Waals surface area contributed by atoms with E-state index in [-0.39, 0.29) is 31.7 Å². The van der Waals surface area contributed by atoms with Gasteiger partial charge < -0.3 is 24.0 Å². The van der Waals surface area contributed by atoms with E-state index in [1.54, 1.807) is 0 Å². The van der Waals surface area contributed by atoms with Crippen molar-refractivity contribution in [1.82, 2.24) is 0 Å². The van der Waals surface area contributed by atoms with Crippen LogP contribution in [0.3, 0.4) is 0 Å². The Bertz CT molecular complexity index is 1120. The minimum absolute atomic E-state index is 0.116. The molecule has 290 valence electrons. The molecule has 2 unspecified atom stereocenters. The zero-order valence-electron chi connectivity index (χ0n) is 31.4. The van der Waals surface area contributed by atoms with Gasteiger partial charge in [-0.1, -0.05) is 112 Å². The molecule has 3 atom stereocenters. The van der Waals surface area contributed by atoms with Crippen molar-refractivity contribution in [2.45, 2.75) is 161 Å². The lowest BCUT2D eigenvalue weighted by molar-refractivity contribution is -0.161. The summed E-state index contributed by atoms with van der Waals surface area (Å²) in [5, 5.41) is 0. The van der Waals surface area contributed by atoms with Gasteiger partial charge in [0.25, 0.3) is 0 Å². The lowest BCUT2D eigenvalue weighted by Gasteiger charge is -2.18. The Hall–Kier alpha value is -2.55. The van der Waals surface area contributed by atoms with E-state index in [2.05, 4.69) is 85.2 Å². The van der Waals surface area contributed by atoms with Gasteiger partial charge in [-0.15, -0.1) is 0 Å². The molecule has 0 spiro atoms. The standard InChI is InChI=1S/C41H67O9P/c1-3-5-7-9-11-13-14-15-16-17-18-20-22-24-29-33-40(42)47-35-37(36-48-51(44,45)46)49-41(43)34-30-26-25-28-32-39-38(50-39)31-27-23-21-19-12-10-8-6-4-2/h11-13,15-16,18-20,23,25,27-28,37-39H,3-10,14,17,21-22,24,26,29-36H2,1-2H3,(H2,44,45,46)/b13-11-,16-15-,19-12-,20-18-,27-23-,28-25-/t37-,38?,39?/m1/s1. The van der Waals surface area contributed by atoms with Crippen molar-refractivity contribution in [3.63, 3.8) is 0 Å². The Balaban J connectivity index is 2.18. The number of hydrogen-bond acceptors (Lipinski definition) is 7. The molecule has 0 aromatic heterocycles. The Morgan fingerprint density at radius 1 is 0.608 bits per heavy atom. The van der Waals surface area contributed by atoms with E-state index >= 15 is 0 Å². The fraction of sp³-hybridized carbons (Fsp3) is 0.659. The van der Waals surface area contributed by atoms with Gasteiger partial charge in [-0.2, -0.15) is 0 Å². The summed E-state index contributed by atoms with van der Waals surface area (Å²) in [7, 11) is -4.79. The highest BCUT2D eigenvalue weighted by Gasteiger charge is 2.36. The summed E-state index contributed by atoms with van der Waals surface area (Å²) in [6.45, 7) is 3.51. The number of allylic oxidation sites excluding steroid dienone is 10. The first-order valence-corrected chi connectivity index (χ1v) is 20.9. The van der Waals surface area contributed by atoms with E-state index in [9.17, 15) is 14.2 Å². The second kappa shape index (κ2) is 32.1. The summed E-state index contributed by atoms with van der Waals surface area (Å²) in [5.74, 6) is -1.01. The molecule has 1 aliphatic rings. The van der Waals surface area contributed by atoms with Gasteiger partial charge in [0.2, 0.25) is 0 Å². The van der Waals surface area contributed by atoms with Gasteiger partial charge in [0.15, 0.2) is 6.10 Å². The molecule has 0 bridgehead atoms. The average molecular weight is 735 g/mol. The molecule has 0 aromatic rings. The Morgan fingerprint density at radius 3 is 1.61 bits per heavy atom. The summed E-state index contributed by atoms with van der Waals surface area (Å²) in [6.07, 6.45) is 43.7. The van der Waals surface area contributed by atoms with Crippen LogP contribution in [0.25, 0.3) is 0 Å². The first kappa shape index (κ1) is 46.5. The summed E-state index contributed by atoms with van der Waals surface area (Å²) < 4.78 is 32.0. The number of hydrogen-bond donors (Lipinski definition) is 2. The maximum absolute atomic E-state index is 12.4. The molecule has 1 aliphatic heterocycles. The van der Waals surface area contributed by atoms with E-state index in [1.807, 2.05) is 6.08 Å². The predicted octanol–water partition coefficient (Wildman–Crippen LogP) is 10.5. The molecule has 1 rings (SSSR count). The molecular weight excluding hydrogens is 667 g/mol. The molecule has 2 N–H and O–H groups in total. The zero-order chi connectivity index (χ0) is 37.3. The summed E-state index contributed by atoms with van der Waals surface area (Å²) in [5.41, 5.74) is 0. The highest BCUT2D eigenvalue weighted by atomic mass is 31.2. The Morgan fingerprint density at radius 2 is 1.06 bits per heavy atom. The van der Waals surface area contributed by atoms with Gasteiger partial charge in [0, 0.05) is 12.8 Å². The highest BCUT2D eigenvalue weighted by molar-refractivity contribution is 7.46. The van der Waals surface area contributed by atoms with Crippen LogP contribution in [-0.4, -0.2) is 53.3 Å². The maximum Gasteiger partial charge on any atom is 0.469 e. The molecule has 0 aromatic carbocycles. The van der Waals surface area contributed by atoms with Gasteiger partial charge >= 0.3 is 19.8 Å². The van der Waals surface area contributed by atoms with Gasteiger partial charge in [-0.3, -0.25) is 14.1 Å². The van der Waals surface area contributed by atoms with Gasteiger partial charge in [-0.25, -0.2) is 4.57 Å². The molecule has 0 radical (unpaired) electrons. The van der Waals surface area contributed by atoms with Gasteiger partial charge in [-0.05, 0) is 89.9 Å². The normalized spacial score (nSPS) is 17.3. The van der Waals surface area contributed by atoms with Gasteiger partial charge in [0.05, 0.1) is 18.8 Å². The van der Waals surface area contributed by atoms with Crippen LogP contribution in [0.2, 0.25) is 0 Å². The lowest BCUT2D eigenvalue weighted by atomic mass is 10.1. The number of epoxide rings is 1. The summed E-state index contributed by atoms with van der Waals surface area (Å²) >= 11 is 0. The fourth-order valence-electron chi connectivity index (χ4n) is 5.06. The molecule has 0 amide bonds. The third-order valence-corrected chi connectivity index (χ3v) is 8.59. The maximum atomic E-state index is 12.4. The van der Waals surface area contributed by atoms with Crippen LogP contribution in [0.15, 0.2) is 72.9 Å². The predicted molar refractivity (Wildman–Crippen MR) is 206 cm³/mol. The van der Waals surface area contributed by atoms with Crippen LogP contribution >= 0.6 is 7.82 Å². The molecule has 1 saturated heterocycles. The van der Waals surface area contributed by atoms with E-state index in [0.29, 0.717) is 19.3 Å². The van der Waals surface area contributed by atoms with E-state index in [0.717, 1.165) is 57.8 Å². The van der Waals surface area contributed by atoms with Crippen LogP contribution < -0.4 is 0 Å². The van der Waals surface area contributed by atoms with Crippen LogP contribution in [0, 0.1) is 0 Å². The van der Waals surface area contributed by atoms with Crippen LogP contribution in [0.4, 0.5) is 0 Å². The van der Waals surface area contributed by atoms with Gasteiger partial charge in [0.1, 0.15) is 6.61 Å². The smallest absolute Gasteiger partial charge is 0.462 e. The van der Waals surface area contributed by atoms with Crippen molar-refractivity contribution in [3.05, 3.63) is 72.9 Å². The summed E-state index contributed by atoms with van der Waals surface area (Å²) in [6, 6.07) is 0. The average Bonchev–Trinajstić information content (AvgIpc) is 3.85. The number of ether oxygens (including phenoxy) is 3. The number of phosphoric acid groups is 1. The number of carbonyl (C=O) groups is 2.